The van der Waals surface area contributed by atoms with Crippen LogP contribution in [0.2, 0.25) is 0 Å². The number of rotatable bonds is 9. The molecule has 0 atom stereocenters. The van der Waals surface area contributed by atoms with E-state index in [1.807, 2.05) is 0 Å². The second-order valence-electron chi connectivity index (χ2n) is 10.2. The second-order valence-corrected chi connectivity index (χ2v) is 10.2. The Morgan fingerprint density at radius 3 is 0.778 bits per heavy atom. The topological polar surface area (TPSA) is 298 Å². The molecule has 0 aromatic heterocycles. The molecule has 0 bridgehead atoms. The lowest BCUT2D eigenvalue weighted by Gasteiger charge is -2.08. The zero-order chi connectivity index (χ0) is 40.5. The molecular formula is C38H28O16. The monoisotopic (exact) mass is 740 g/mol. The lowest BCUT2D eigenvalue weighted by atomic mass is 9.95. The van der Waals surface area contributed by atoms with E-state index in [0.29, 0.717) is 11.1 Å². The smallest absolute Gasteiger partial charge is 0.336 e. The van der Waals surface area contributed by atoms with Gasteiger partial charge in [0.15, 0.2) is 0 Å². The molecule has 16 nitrogen and oxygen atoms in total. The van der Waals surface area contributed by atoms with Crippen molar-refractivity contribution in [3.63, 3.8) is 0 Å². The Morgan fingerprint density at radius 1 is 0.259 bits per heavy atom. The predicted molar refractivity (Wildman–Crippen MR) is 187 cm³/mol. The van der Waals surface area contributed by atoms with Gasteiger partial charge in [-0.1, -0.05) is 54.6 Å². The van der Waals surface area contributed by atoms with Gasteiger partial charge in [0.25, 0.3) is 0 Å². The van der Waals surface area contributed by atoms with Crippen molar-refractivity contribution in [2.75, 3.05) is 0 Å². The Kier molecular flexibility index (Phi) is 15.5. The van der Waals surface area contributed by atoms with Crippen LogP contribution in [0.3, 0.4) is 0 Å². The number of carbonyl (C=O) groups is 8. The van der Waals surface area contributed by atoms with Gasteiger partial charge in [0.1, 0.15) is 0 Å². The highest BCUT2D eigenvalue weighted by atomic mass is 16.4. The maximum absolute atomic E-state index is 11.1. The molecule has 16 heteroatoms. The molecule has 5 aromatic carbocycles. The van der Waals surface area contributed by atoms with Gasteiger partial charge in [-0.15, -0.1) is 0 Å². The van der Waals surface area contributed by atoms with Crippen LogP contribution in [0, 0.1) is 0 Å². The molecule has 0 heterocycles. The van der Waals surface area contributed by atoms with Crippen LogP contribution in [-0.4, -0.2) is 88.6 Å². The summed E-state index contributed by atoms with van der Waals surface area (Å²) in [5.41, 5.74) is 0.739. The maximum Gasteiger partial charge on any atom is 0.336 e. The average Bonchev–Trinajstić information content (AvgIpc) is 3.15. The van der Waals surface area contributed by atoms with Crippen LogP contribution in [0.15, 0.2) is 121 Å². The van der Waals surface area contributed by atoms with Crippen LogP contribution >= 0.6 is 0 Å². The molecule has 0 spiro atoms. The molecule has 0 amide bonds. The SMILES string of the molecule is O=C(O)c1ccc(C(=O)O)cc1.O=C(O)c1cccc(C(=O)O)c1.O=C(O)c1ccccc1-c1ccccc1C(=O)O.O=C(O)c1ccccc1C(=O)O. The first-order valence-electron chi connectivity index (χ1n) is 14.8. The van der Waals surface area contributed by atoms with Gasteiger partial charge < -0.3 is 40.9 Å². The van der Waals surface area contributed by atoms with Gasteiger partial charge in [-0.2, -0.15) is 0 Å². The quantitative estimate of drug-likeness (QED) is 0.0859. The zero-order valence-electron chi connectivity index (χ0n) is 27.4. The van der Waals surface area contributed by atoms with Crippen molar-refractivity contribution < 1.29 is 79.2 Å². The van der Waals surface area contributed by atoms with Crippen molar-refractivity contribution in [1.29, 1.82) is 0 Å². The third kappa shape index (κ3) is 12.3. The summed E-state index contributed by atoms with van der Waals surface area (Å²) >= 11 is 0. The van der Waals surface area contributed by atoms with E-state index in [0.717, 1.165) is 6.07 Å². The van der Waals surface area contributed by atoms with E-state index in [1.165, 1.54) is 78.9 Å². The minimum Gasteiger partial charge on any atom is -0.478 e. The van der Waals surface area contributed by atoms with Gasteiger partial charge in [0.05, 0.1) is 44.5 Å². The van der Waals surface area contributed by atoms with Crippen LogP contribution < -0.4 is 0 Å². The summed E-state index contributed by atoms with van der Waals surface area (Å²) in [4.78, 5) is 84.6. The Morgan fingerprint density at radius 2 is 0.519 bits per heavy atom. The van der Waals surface area contributed by atoms with Gasteiger partial charge in [0, 0.05) is 0 Å². The minimum absolute atomic E-state index is 0.0186. The number of carboxylic acid groups (broad SMARTS) is 8. The van der Waals surface area contributed by atoms with Gasteiger partial charge in [-0.25, -0.2) is 38.4 Å². The lowest BCUT2D eigenvalue weighted by molar-refractivity contribution is 0.0651. The molecule has 0 fully saturated rings. The van der Waals surface area contributed by atoms with Crippen LogP contribution in [0.25, 0.3) is 11.1 Å². The van der Waals surface area contributed by atoms with Gasteiger partial charge in [0.2, 0.25) is 0 Å². The number of aromatic carboxylic acids is 8. The van der Waals surface area contributed by atoms with Crippen molar-refractivity contribution in [1.82, 2.24) is 0 Å². The van der Waals surface area contributed by atoms with Crippen molar-refractivity contribution in [3.05, 3.63) is 166 Å². The first kappa shape index (κ1) is 42.0. The van der Waals surface area contributed by atoms with Crippen LogP contribution in [-0.2, 0) is 0 Å². The largest absolute Gasteiger partial charge is 0.478 e. The fourth-order valence-electron chi connectivity index (χ4n) is 4.21. The fourth-order valence-corrected chi connectivity index (χ4v) is 4.21. The summed E-state index contributed by atoms with van der Waals surface area (Å²) in [6.07, 6.45) is 0. The Hall–Kier alpha value is -8.14. The van der Waals surface area contributed by atoms with E-state index in [2.05, 4.69) is 0 Å². The Labute approximate surface area is 303 Å². The molecule has 54 heavy (non-hydrogen) atoms. The molecule has 5 rings (SSSR count). The zero-order valence-corrected chi connectivity index (χ0v) is 27.4. The maximum atomic E-state index is 11.1. The lowest BCUT2D eigenvalue weighted by Crippen LogP contribution is -2.06. The molecule has 0 unspecified atom stereocenters. The molecule has 8 N–H and O–H groups in total. The molecule has 0 radical (unpaired) electrons. The van der Waals surface area contributed by atoms with Gasteiger partial charge in [-0.05, 0) is 77.9 Å². The minimum atomic E-state index is -1.23. The van der Waals surface area contributed by atoms with Crippen LogP contribution in [0.1, 0.15) is 82.9 Å². The third-order valence-electron chi connectivity index (χ3n) is 6.73. The summed E-state index contributed by atoms with van der Waals surface area (Å²) < 4.78 is 0. The summed E-state index contributed by atoms with van der Waals surface area (Å²) in [6.45, 7) is 0. The van der Waals surface area contributed by atoms with Gasteiger partial charge >= 0.3 is 47.8 Å². The van der Waals surface area contributed by atoms with Crippen LogP contribution in [0.4, 0.5) is 0 Å². The highest BCUT2D eigenvalue weighted by Crippen LogP contribution is 2.27. The molecular weight excluding hydrogens is 712 g/mol. The molecule has 0 saturated heterocycles. The average molecular weight is 741 g/mol. The first-order chi connectivity index (χ1) is 25.5. The van der Waals surface area contributed by atoms with E-state index >= 15 is 0 Å². The number of benzene rings is 5. The highest BCUT2D eigenvalue weighted by Gasteiger charge is 2.17. The van der Waals surface area contributed by atoms with E-state index in [1.54, 1.807) is 36.4 Å². The third-order valence-corrected chi connectivity index (χ3v) is 6.73. The molecule has 0 aliphatic heterocycles. The summed E-state index contributed by atoms with van der Waals surface area (Å²) in [5.74, 6) is -8.99. The summed E-state index contributed by atoms with van der Waals surface area (Å²) in [5, 5.41) is 69.3. The molecule has 5 aromatic rings. The number of carboxylic acids is 8. The van der Waals surface area contributed by atoms with E-state index in [-0.39, 0.29) is 44.5 Å². The van der Waals surface area contributed by atoms with Crippen molar-refractivity contribution in [2.24, 2.45) is 0 Å². The molecule has 0 saturated carbocycles. The Balaban J connectivity index is 0.000000254. The summed E-state index contributed by atoms with van der Waals surface area (Å²) in [6, 6.07) is 28.4. The van der Waals surface area contributed by atoms with Crippen molar-refractivity contribution in [3.8, 4) is 11.1 Å². The van der Waals surface area contributed by atoms with Crippen molar-refractivity contribution in [2.45, 2.75) is 0 Å². The molecule has 0 aliphatic rings. The van der Waals surface area contributed by atoms with E-state index in [4.69, 9.17) is 40.9 Å². The van der Waals surface area contributed by atoms with Crippen molar-refractivity contribution >= 4 is 47.8 Å². The van der Waals surface area contributed by atoms with E-state index < -0.39 is 47.8 Å². The Bertz CT molecular complexity index is 2050. The highest BCUT2D eigenvalue weighted by molar-refractivity contribution is 6.02. The predicted octanol–water partition coefficient (Wildman–Crippen LogP) is 6.00. The molecule has 0 aliphatic carbocycles. The van der Waals surface area contributed by atoms with Gasteiger partial charge in [-0.3, -0.25) is 0 Å². The number of hydrogen-bond acceptors (Lipinski definition) is 8. The second kappa shape index (κ2) is 19.9. The number of hydrogen-bond donors (Lipinski definition) is 8. The van der Waals surface area contributed by atoms with E-state index in [9.17, 15) is 38.4 Å². The molecule has 276 valence electrons. The van der Waals surface area contributed by atoms with Crippen LogP contribution in [0.5, 0.6) is 0 Å². The fraction of sp³-hybridized carbons (Fsp3) is 0. The summed E-state index contributed by atoms with van der Waals surface area (Å²) in [7, 11) is 0. The first-order valence-corrected chi connectivity index (χ1v) is 14.8. The standard InChI is InChI=1S/C14H10O4.3C8H6O4/c15-13(16)11-7-3-1-5-9(11)10-6-2-4-8-12(10)14(17)18;9-7(10)5-1-2-6(4-3-5)8(11)12;9-7(10)5-2-1-3-6(4-5)8(11)12;9-7(10)5-3-1-2-4-6(5)8(11)12/h1-8H,(H,15,16)(H,17,18);3*1-4H,(H,9,10)(H,11,12). The normalized spacial score (nSPS) is 9.56.